The van der Waals surface area contributed by atoms with Crippen molar-refractivity contribution in [2.24, 2.45) is 5.92 Å². The summed E-state index contributed by atoms with van der Waals surface area (Å²) in [7, 11) is 0. The number of hydroxylamine groups is 1. The molecule has 5 heteroatoms. The average Bonchev–Trinajstić information content (AvgIpc) is 2.80. The van der Waals surface area contributed by atoms with Gasteiger partial charge in [-0.1, -0.05) is 92.7 Å². The number of nitrogens with one attached hydrogen (secondary N) is 1. The maximum atomic E-state index is 14.2. The molecule has 1 unspecified atom stereocenters. The Hall–Kier alpha value is -3.44. The lowest BCUT2D eigenvalue weighted by Gasteiger charge is -2.34. The van der Waals surface area contributed by atoms with Gasteiger partial charge in [0, 0.05) is 5.69 Å². The minimum atomic E-state index is -0.852. The third-order valence-electron chi connectivity index (χ3n) is 5.20. The number of carbonyl (C=O) groups excluding carboxylic acids is 2. The zero-order valence-electron chi connectivity index (χ0n) is 17.8. The standard InChI is InChI=1S/C26H28N2O3/c1-19(2)18-23(25(29)27-31)28(22-16-10-5-11-17-22)26(30)24(20-12-6-3-7-13-20)21-14-8-4-9-15-21/h3-17,19,23-24,31H,18H2,1-2H3,(H,27,29). The second kappa shape index (κ2) is 10.5. The molecule has 5 nitrogen and oxygen atoms in total. The summed E-state index contributed by atoms with van der Waals surface area (Å²) in [5.41, 5.74) is 4.05. The van der Waals surface area contributed by atoms with Crippen LogP contribution in [0.25, 0.3) is 0 Å². The number of rotatable bonds is 8. The normalized spacial score (nSPS) is 11.9. The molecule has 2 amide bonds. The van der Waals surface area contributed by atoms with Crippen LogP contribution in [0.2, 0.25) is 0 Å². The summed E-state index contributed by atoms with van der Waals surface area (Å²) in [6.07, 6.45) is 0.406. The molecule has 3 rings (SSSR count). The van der Waals surface area contributed by atoms with E-state index < -0.39 is 17.9 Å². The molecular weight excluding hydrogens is 388 g/mol. The van der Waals surface area contributed by atoms with Crippen molar-refractivity contribution in [3.05, 3.63) is 102 Å². The molecule has 0 saturated carbocycles. The Morgan fingerprint density at radius 3 is 1.68 bits per heavy atom. The van der Waals surface area contributed by atoms with E-state index in [1.165, 1.54) is 4.90 Å². The van der Waals surface area contributed by atoms with E-state index in [4.69, 9.17) is 0 Å². The van der Waals surface area contributed by atoms with E-state index in [9.17, 15) is 14.8 Å². The van der Waals surface area contributed by atoms with Crippen LogP contribution in [0, 0.1) is 5.92 Å². The van der Waals surface area contributed by atoms with Crippen molar-refractivity contribution >= 4 is 17.5 Å². The molecule has 0 radical (unpaired) electrons. The molecule has 0 bridgehead atoms. The Balaban J connectivity index is 2.15. The van der Waals surface area contributed by atoms with Gasteiger partial charge in [-0.05, 0) is 35.6 Å². The van der Waals surface area contributed by atoms with Crippen LogP contribution in [-0.2, 0) is 9.59 Å². The first kappa shape index (κ1) is 22.2. The van der Waals surface area contributed by atoms with Crippen LogP contribution in [0.15, 0.2) is 91.0 Å². The fourth-order valence-electron chi connectivity index (χ4n) is 3.81. The van der Waals surface area contributed by atoms with Crippen LogP contribution in [0.4, 0.5) is 5.69 Å². The van der Waals surface area contributed by atoms with Gasteiger partial charge >= 0.3 is 0 Å². The molecule has 0 saturated heterocycles. The number of carbonyl (C=O) groups is 2. The van der Waals surface area contributed by atoms with Gasteiger partial charge in [-0.3, -0.25) is 19.7 Å². The summed E-state index contributed by atoms with van der Waals surface area (Å²) >= 11 is 0. The van der Waals surface area contributed by atoms with Crippen LogP contribution >= 0.6 is 0 Å². The SMILES string of the molecule is CC(C)CC(C(=O)NO)N(C(=O)C(c1ccccc1)c1ccccc1)c1ccccc1. The quantitative estimate of drug-likeness (QED) is 0.410. The van der Waals surface area contributed by atoms with Crippen molar-refractivity contribution in [2.45, 2.75) is 32.2 Å². The van der Waals surface area contributed by atoms with Gasteiger partial charge in [-0.2, -0.15) is 0 Å². The molecule has 0 aliphatic rings. The molecule has 0 heterocycles. The number of hydrogen-bond donors (Lipinski definition) is 2. The van der Waals surface area contributed by atoms with E-state index >= 15 is 0 Å². The smallest absolute Gasteiger partial charge is 0.266 e. The molecule has 0 fully saturated rings. The van der Waals surface area contributed by atoms with Gasteiger partial charge in [0.15, 0.2) is 0 Å². The number of nitrogens with zero attached hydrogens (tertiary/aromatic N) is 1. The van der Waals surface area contributed by atoms with Gasteiger partial charge in [0.05, 0.1) is 5.92 Å². The fraction of sp³-hybridized carbons (Fsp3) is 0.231. The van der Waals surface area contributed by atoms with Crippen LogP contribution < -0.4 is 10.4 Å². The zero-order valence-corrected chi connectivity index (χ0v) is 17.8. The number of anilines is 1. The van der Waals surface area contributed by atoms with Crippen molar-refractivity contribution in [1.29, 1.82) is 0 Å². The largest absolute Gasteiger partial charge is 0.299 e. The number of benzene rings is 3. The summed E-state index contributed by atoms with van der Waals surface area (Å²) in [5, 5.41) is 9.43. The van der Waals surface area contributed by atoms with E-state index in [1.807, 2.05) is 105 Å². The Morgan fingerprint density at radius 2 is 1.26 bits per heavy atom. The molecule has 31 heavy (non-hydrogen) atoms. The van der Waals surface area contributed by atoms with Crippen LogP contribution in [0.3, 0.4) is 0 Å². The van der Waals surface area contributed by atoms with Crippen molar-refractivity contribution in [3.63, 3.8) is 0 Å². The van der Waals surface area contributed by atoms with Crippen LogP contribution in [0.5, 0.6) is 0 Å². The predicted octanol–water partition coefficient (Wildman–Crippen LogP) is 4.77. The number of hydrogen-bond acceptors (Lipinski definition) is 3. The minimum absolute atomic E-state index is 0.133. The van der Waals surface area contributed by atoms with E-state index in [2.05, 4.69) is 0 Å². The van der Waals surface area contributed by atoms with Gasteiger partial charge in [0.1, 0.15) is 6.04 Å². The highest BCUT2D eigenvalue weighted by Gasteiger charge is 2.36. The first-order valence-electron chi connectivity index (χ1n) is 10.4. The van der Waals surface area contributed by atoms with E-state index in [-0.39, 0.29) is 11.8 Å². The molecule has 3 aromatic carbocycles. The second-order valence-electron chi connectivity index (χ2n) is 7.92. The maximum Gasteiger partial charge on any atom is 0.266 e. The summed E-state index contributed by atoms with van der Waals surface area (Å²) in [6, 6.07) is 27.4. The molecule has 0 aliphatic carbocycles. The Kier molecular flexibility index (Phi) is 7.57. The first-order chi connectivity index (χ1) is 15.0. The molecule has 0 spiro atoms. The molecular formula is C26H28N2O3. The maximum absolute atomic E-state index is 14.2. The average molecular weight is 417 g/mol. The van der Waals surface area contributed by atoms with Gasteiger partial charge in [-0.25, -0.2) is 5.48 Å². The Bertz CT molecular complexity index is 936. The topological polar surface area (TPSA) is 69.6 Å². The lowest BCUT2D eigenvalue weighted by Crippen LogP contribution is -2.51. The van der Waals surface area contributed by atoms with E-state index in [0.29, 0.717) is 12.1 Å². The van der Waals surface area contributed by atoms with Gasteiger partial charge in [0.25, 0.3) is 5.91 Å². The summed E-state index contributed by atoms with van der Waals surface area (Å²) < 4.78 is 0. The van der Waals surface area contributed by atoms with E-state index in [0.717, 1.165) is 11.1 Å². The molecule has 1 atom stereocenters. The lowest BCUT2D eigenvalue weighted by atomic mass is 9.88. The van der Waals surface area contributed by atoms with E-state index in [1.54, 1.807) is 5.48 Å². The first-order valence-corrected chi connectivity index (χ1v) is 10.4. The highest BCUT2D eigenvalue weighted by molar-refractivity contribution is 6.05. The third kappa shape index (κ3) is 5.38. The third-order valence-corrected chi connectivity index (χ3v) is 5.20. The van der Waals surface area contributed by atoms with Crippen molar-refractivity contribution < 1.29 is 14.8 Å². The molecule has 160 valence electrons. The molecule has 2 N–H and O–H groups in total. The molecule has 0 aromatic heterocycles. The summed E-state index contributed by atoms with van der Waals surface area (Å²) in [5.74, 6) is -1.29. The Morgan fingerprint density at radius 1 is 0.806 bits per heavy atom. The van der Waals surface area contributed by atoms with Crippen LogP contribution in [0.1, 0.15) is 37.3 Å². The molecule has 0 aliphatic heterocycles. The fourth-order valence-corrected chi connectivity index (χ4v) is 3.81. The highest BCUT2D eigenvalue weighted by Crippen LogP contribution is 2.31. The summed E-state index contributed by atoms with van der Waals surface area (Å²) in [4.78, 5) is 28.4. The lowest BCUT2D eigenvalue weighted by molar-refractivity contribution is -0.133. The number of para-hydroxylation sites is 1. The van der Waals surface area contributed by atoms with Gasteiger partial charge in [-0.15, -0.1) is 0 Å². The second-order valence-corrected chi connectivity index (χ2v) is 7.92. The predicted molar refractivity (Wildman–Crippen MR) is 122 cm³/mol. The monoisotopic (exact) mass is 416 g/mol. The molecule has 3 aromatic rings. The highest BCUT2D eigenvalue weighted by atomic mass is 16.5. The zero-order chi connectivity index (χ0) is 22.2. The summed E-state index contributed by atoms with van der Waals surface area (Å²) in [6.45, 7) is 3.97. The van der Waals surface area contributed by atoms with Crippen molar-refractivity contribution in [1.82, 2.24) is 5.48 Å². The number of amides is 2. The van der Waals surface area contributed by atoms with Crippen LogP contribution in [-0.4, -0.2) is 23.1 Å². The van der Waals surface area contributed by atoms with Crippen molar-refractivity contribution in [2.75, 3.05) is 4.90 Å². The minimum Gasteiger partial charge on any atom is -0.299 e. The van der Waals surface area contributed by atoms with Gasteiger partial charge in [0.2, 0.25) is 5.91 Å². The van der Waals surface area contributed by atoms with Gasteiger partial charge < -0.3 is 0 Å². The Labute approximate surface area is 183 Å². The van der Waals surface area contributed by atoms with Crippen molar-refractivity contribution in [3.8, 4) is 0 Å².